The van der Waals surface area contributed by atoms with Gasteiger partial charge in [0, 0.05) is 12.1 Å². The summed E-state index contributed by atoms with van der Waals surface area (Å²) in [4.78, 5) is 20.0. The van der Waals surface area contributed by atoms with E-state index < -0.39 is 0 Å². The summed E-state index contributed by atoms with van der Waals surface area (Å²) >= 11 is 3.67. The van der Waals surface area contributed by atoms with Crippen molar-refractivity contribution in [1.82, 2.24) is 4.90 Å². The fourth-order valence-corrected chi connectivity index (χ4v) is 4.64. The maximum absolute atomic E-state index is 12.9. The van der Waals surface area contributed by atoms with Gasteiger partial charge in [-0.25, -0.2) is 0 Å². The predicted octanol–water partition coefficient (Wildman–Crippen LogP) is 5.18. The number of hydrogen-bond donors (Lipinski definition) is 0. The molecule has 1 saturated heterocycles. The van der Waals surface area contributed by atoms with E-state index in [-0.39, 0.29) is 18.0 Å². The minimum atomic E-state index is -0.00347. The second-order valence-electron chi connectivity index (χ2n) is 6.58. The smallest absolute Gasteiger partial charge is 0.266 e. The Balaban J connectivity index is 2.44. The minimum absolute atomic E-state index is 0.00347. The highest BCUT2D eigenvalue weighted by atomic mass is 127. The van der Waals surface area contributed by atoms with Crippen LogP contribution >= 0.6 is 34.4 Å². The fourth-order valence-electron chi connectivity index (χ4n) is 2.62. The first-order chi connectivity index (χ1) is 12.8. The molecule has 1 amide bonds. The number of amidine groups is 1. The van der Waals surface area contributed by atoms with Crippen molar-refractivity contribution in [3.05, 3.63) is 26.2 Å². The summed E-state index contributed by atoms with van der Waals surface area (Å²) in [5, 5.41) is 0.766. The van der Waals surface area contributed by atoms with Gasteiger partial charge in [0.05, 0.1) is 21.7 Å². The Kier molecular flexibility index (Phi) is 8.03. The molecule has 0 bridgehead atoms. The quantitative estimate of drug-likeness (QED) is 0.381. The van der Waals surface area contributed by atoms with E-state index in [1.165, 1.54) is 11.8 Å². The van der Waals surface area contributed by atoms with Crippen molar-refractivity contribution in [2.75, 3.05) is 13.2 Å². The lowest BCUT2D eigenvalue weighted by Crippen LogP contribution is -2.35. The molecule has 27 heavy (non-hydrogen) atoms. The maximum Gasteiger partial charge on any atom is 0.266 e. The number of halogens is 1. The van der Waals surface area contributed by atoms with Crippen molar-refractivity contribution in [2.45, 2.75) is 53.6 Å². The van der Waals surface area contributed by atoms with E-state index in [0.717, 1.165) is 20.1 Å². The number of benzene rings is 1. The molecule has 148 valence electrons. The zero-order valence-electron chi connectivity index (χ0n) is 16.7. The first-order valence-electron chi connectivity index (χ1n) is 9.18. The molecule has 1 aliphatic rings. The number of carbonyl (C=O) groups is 1. The first-order valence-corrected chi connectivity index (χ1v) is 11.1. The van der Waals surface area contributed by atoms with E-state index in [0.29, 0.717) is 23.9 Å². The summed E-state index contributed by atoms with van der Waals surface area (Å²) in [7, 11) is 0. The lowest BCUT2D eigenvalue weighted by molar-refractivity contribution is -0.123. The standard InChI is InChI=1S/C20H27IN2O3S/c1-7-25-16-10-14(9-15(21)18(16)26-8-2)11-17-19(24)23(13(5)6)20(27-17)22-12(3)4/h9-13H,7-8H2,1-6H3/b17-11+,22-20?. The van der Waals surface area contributed by atoms with Crippen molar-refractivity contribution < 1.29 is 14.3 Å². The molecule has 0 N–H and O–H groups in total. The van der Waals surface area contributed by atoms with Crippen molar-refractivity contribution in [3.8, 4) is 11.5 Å². The number of ether oxygens (including phenoxy) is 2. The van der Waals surface area contributed by atoms with Gasteiger partial charge in [0.1, 0.15) is 0 Å². The number of rotatable bonds is 7. The molecule has 1 fully saturated rings. The summed E-state index contributed by atoms with van der Waals surface area (Å²) in [5.41, 5.74) is 0.914. The Morgan fingerprint density at radius 3 is 2.41 bits per heavy atom. The van der Waals surface area contributed by atoms with Gasteiger partial charge < -0.3 is 9.47 Å². The molecular weight excluding hydrogens is 475 g/mol. The van der Waals surface area contributed by atoms with E-state index in [2.05, 4.69) is 27.6 Å². The van der Waals surface area contributed by atoms with E-state index in [1.807, 2.05) is 59.8 Å². The number of amides is 1. The molecule has 1 aromatic rings. The number of nitrogens with zero attached hydrogens (tertiary/aromatic N) is 2. The monoisotopic (exact) mass is 502 g/mol. The Labute approximate surface area is 179 Å². The Morgan fingerprint density at radius 2 is 1.85 bits per heavy atom. The highest BCUT2D eigenvalue weighted by Gasteiger charge is 2.35. The Bertz CT molecular complexity index is 760. The van der Waals surface area contributed by atoms with Crippen LogP contribution in [0.1, 0.15) is 47.1 Å². The van der Waals surface area contributed by atoms with Gasteiger partial charge in [-0.1, -0.05) is 0 Å². The molecule has 0 spiro atoms. The largest absolute Gasteiger partial charge is 0.490 e. The molecule has 0 saturated carbocycles. The first kappa shape index (κ1) is 22.1. The second kappa shape index (κ2) is 9.82. The molecule has 1 aliphatic heterocycles. The lowest BCUT2D eigenvalue weighted by atomic mass is 10.1. The second-order valence-corrected chi connectivity index (χ2v) is 8.75. The summed E-state index contributed by atoms with van der Waals surface area (Å²) < 4.78 is 12.4. The van der Waals surface area contributed by atoms with Gasteiger partial charge in [-0.2, -0.15) is 0 Å². The van der Waals surface area contributed by atoms with Gasteiger partial charge in [-0.3, -0.25) is 14.7 Å². The average molecular weight is 502 g/mol. The lowest BCUT2D eigenvalue weighted by Gasteiger charge is -2.20. The van der Waals surface area contributed by atoms with E-state index in [9.17, 15) is 4.79 Å². The summed E-state index contributed by atoms with van der Waals surface area (Å²) in [6.45, 7) is 13.1. The SMILES string of the molecule is CCOc1cc(/C=C2/SC(=NC(C)C)N(C(C)C)C2=O)cc(I)c1OCC. The molecule has 0 radical (unpaired) electrons. The van der Waals surface area contributed by atoms with Gasteiger partial charge >= 0.3 is 0 Å². The van der Waals surface area contributed by atoms with Crippen LogP contribution in [-0.2, 0) is 4.79 Å². The van der Waals surface area contributed by atoms with Crippen LogP contribution in [0.25, 0.3) is 6.08 Å². The summed E-state index contributed by atoms with van der Waals surface area (Å²) in [6.07, 6.45) is 1.91. The molecule has 1 heterocycles. The zero-order chi connectivity index (χ0) is 20.1. The minimum Gasteiger partial charge on any atom is -0.490 e. The van der Waals surface area contributed by atoms with E-state index >= 15 is 0 Å². The zero-order valence-corrected chi connectivity index (χ0v) is 19.7. The van der Waals surface area contributed by atoms with Crippen molar-refractivity contribution in [3.63, 3.8) is 0 Å². The van der Waals surface area contributed by atoms with Crippen LogP contribution in [0.2, 0.25) is 0 Å². The Hall–Kier alpha value is -1.22. The molecule has 0 aromatic heterocycles. The third kappa shape index (κ3) is 5.40. The van der Waals surface area contributed by atoms with Crippen molar-refractivity contribution >= 4 is 51.5 Å². The number of hydrogen-bond acceptors (Lipinski definition) is 5. The van der Waals surface area contributed by atoms with Crippen LogP contribution in [0.3, 0.4) is 0 Å². The summed E-state index contributed by atoms with van der Waals surface area (Å²) in [6, 6.07) is 4.13. The van der Waals surface area contributed by atoms with E-state index in [1.54, 1.807) is 4.90 Å². The van der Waals surface area contributed by atoms with E-state index in [4.69, 9.17) is 9.47 Å². The maximum atomic E-state index is 12.9. The van der Waals surface area contributed by atoms with Crippen LogP contribution in [0.4, 0.5) is 0 Å². The molecule has 5 nitrogen and oxygen atoms in total. The highest BCUT2D eigenvalue weighted by Crippen LogP contribution is 2.38. The topological polar surface area (TPSA) is 51.1 Å². The van der Waals surface area contributed by atoms with Crippen LogP contribution in [0.5, 0.6) is 11.5 Å². The molecule has 0 atom stereocenters. The van der Waals surface area contributed by atoms with Crippen LogP contribution in [0, 0.1) is 3.57 Å². The highest BCUT2D eigenvalue weighted by molar-refractivity contribution is 14.1. The van der Waals surface area contributed by atoms with Gasteiger partial charge in [-0.05, 0) is 99.7 Å². The number of aliphatic imine (C=N–C) groups is 1. The molecule has 1 aromatic carbocycles. The third-order valence-corrected chi connectivity index (χ3v) is 5.44. The van der Waals surface area contributed by atoms with Gasteiger partial charge in [-0.15, -0.1) is 0 Å². The van der Waals surface area contributed by atoms with Crippen molar-refractivity contribution in [2.24, 2.45) is 4.99 Å². The van der Waals surface area contributed by atoms with Crippen LogP contribution < -0.4 is 9.47 Å². The fraction of sp³-hybridized carbons (Fsp3) is 0.500. The summed E-state index contributed by atoms with van der Waals surface area (Å²) in [5.74, 6) is 1.44. The average Bonchev–Trinajstić information content (AvgIpc) is 2.85. The van der Waals surface area contributed by atoms with Crippen molar-refractivity contribution in [1.29, 1.82) is 0 Å². The Morgan fingerprint density at radius 1 is 1.19 bits per heavy atom. The molecular formula is C20H27IN2O3S. The molecule has 2 rings (SSSR count). The molecule has 0 unspecified atom stereocenters. The van der Waals surface area contributed by atoms with Crippen LogP contribution in [0.15, 0.2) is 22.0 Å². The molecule has 7 heteroatoms. The third-order valence-electron chi connectivity index (χ3n) is 3.64. The van der Waals surface area contributed by atoms with Gasteiger partial charge in [0.15, 0.2) is 16.7 Å². The number of thioether (sulfide) groups is 1. The van der Waals surface area contributed by atoms with Gasteiger partial charge in [0.25, 0.3) is 5.91 Å². The normalized spacial score (nSPS) is 17.7. The number of carbonyl (C=O) groups excluding carboxylic acids is 1. The predicted molar refractivity (Wildman–Crippen MR) is 122 cm³/mol. The molecule has 0 aliphatic carbocycles. The van der Waals surface area contributed by atoms with Gasteiger partial charge in [0.2, 0.25) is 0 Å². The van der Waals surface area contributed by atoms with Crippen LogP contribution in [-0.4, -0.2) is 41.3 Å².